The van der Waals surface area contributed by atoms with E-state index >= 15 is 0 Å². The molecule has 3 nitrogen and oxygen atoms in total. The van der Waals surface area contributed by atoms with E-state index in [1.165, 1.54) is 0 Å². The third kappa shape index (κ3) is 6.79. The lowest BCUT2D eigenvalue weighted by atomic mass is 10.7. The van der Waals surface area contributed by atoms with E-state index in [0.717, 1.165) is 6.20 Å². The van der Waals surface area contributed by atoms with Crippen LogP contribution in [0.5, 0.6) is 0 Å². The van der Waals surface area contributed by atoms with Crippen LogP contribution in [0.2, 0.25) is 0 Å². The smallest absolute Gasteiger partial charge is 0.422 e. The minimum absolute atomic E-state index is 0.396. The molecule has 6 heteroatoms. The number of rotatable bonds is 4. The van der Waals surface area contributed by atoms with Crippen molar-refractivity contribution in [2.24, 2.45) is 10.2 Å². The van der Waals surface area contributed by atoms with Crippen LogP contribution in [0.3, 0.4) is 0 Å². The van der Waals surface area contributed by atoms with Gasteiger partial charge in [-0.05, 0) is 6.58 Å². The molecular weight excluding hydrogens is 173 g/mol. The van der Waals surface area contributed by atoms with E-state index in [1.807, 2.05) is 0 Å². The standard InChI is InChI=1S/C6H7F3N2O/c1-3-10-11-5(2)12-4-6(7,8)9/h3H,1-2,4H2. The van der Waals surface area contributed by atoms with E-state index in [0.29, 0.717) is 0 Å². The summed E-state index contributed by atoms with van der Waals surface area (Å²) in [6, 6.07) is 0. The number of ether oxygens (including phenoxy) is 1. The monoisotopic (exact) mass is 180 g/mol. The van der Waals surface area contributed by atoms with Crippen LogP contribution in [0.25, 0.3) is 0 Å². The van der Waals surface area contributed by atoms with Crippen molar-refractivity contribution in [2.75, 3.05) is 6.61 Å². The molecule has 68 valence electrons. The number of alkyl halides is 3. The van der Waals surface area contributed by atoms with E-state index in [-0.39, 0.29) is 0 Å². The highest BCUT2D eigenvalue weighted by atomic mass is 19.4. The fraction of sp³-hybridized carbons (Fsp3) is 0.333. The maximum atomic E-state index is 11.5. The molecule has 0 aliphatic carbocycles. The number of hydrogen-bond acceptors (Lipinski definition) is 3. The van der Waals surface area contributed by atoms with Crippen molar-refractivity contribution in [3.8, 4) is 0 Å². The van der Waals surface area contributed by atoms with Crippen molar-refractivity contribution >= 4 is 0 Å². The predicted molar refractivity (Wildman–Crippen MR) is 36.2 cm³/mol. The van der Waals surface area contributed by atoms with Crippen LogP contribution in [0.15, 0.2) is 35.5 Å². The van der Waals surface area contributed by atoms with E-state index in [2.05, 4.69) is 28.1 Å². The van der Waals surface area contributed by atoms with Crippen LogP contribution < -0.4 is 0 Å². The first-order valence-corrected chi connectivity index (χ1v) is 2.86. The molecule has 0 atom stereocenters. The number of azo groups is 1. The summed E-state index contributed by atoms with van der Waals surface area (Å²) < 4.78 is 38.5. The zero-order valence-electron chi connectivity index (χ0n) is 6.14. The molecule has 0 saturated carbocycles. The minimum atomic E-state index is -4.38. The van der Waals surface area contributed by atoms with E-state index in [1.54, 1.807) is 0 Å². The third-order valence-electron chi connectivity index (χ3n) is 0.653. The molecular formula is C6H7F3N2O. The van der Waals surface area contributed by atoms with E-state index in [9.17, 15) is 13.2 Å². The van der Waals surface area contributed by atoms with Gasteiger partial charge in [0.2, 0.25) is 5.88 Å². The maximum Gasteiger partial charge on any atom is 0.422 e. The highest BCUT2D eigenvalue weighted by Crippen LogP contribution is 2.16. The summed E-state index contributed by atoms with van der Waals surface area (Å²) in [5.41, 5.74) is 0. The van der Waals surface area contributed by atoms with E-state index < -0.39 is 18.7 Å². The quantitative estimate of drug-likeness (QED) is 0.483. The molecule has 0 N–H and O–H groups in total. The Labute approximate surface area is 67.2 Å². The van der Waals surface area contributed by atoms with Crippen molar-refractivity contribution in [3.63, 3.8) is 0 Å². The van der Waals surface area contributed by atoms with Crippen molar-refractivity contribution in [1.82, 2.24) is 0 Å². The Morgan fingerprint density at radius 2 is 2.08 bits per heavy atom. The molecule has 0 bridgehead atoms. The summed E-state index contributed by atoms with van der Waals surface area (Å²) in [5, 5.41) is 6.31. The molecule has 12 heavy (non-hydrogen) atoms. The fourth-order valence-electron chi connectivity index (χ4n) is 0.299. The van der Waals surface area contributed by atoms with Crippen molar-refractivity contribution in [2.45, 2.75) is 6.18 Å². The summed E-state index contributed by atoms with van der Waals surface area (Å²) in [6.07, 6.45) is -3.32. The van der Waals surface area contributed by atoms with Crippen LogP contribution in [0.1, 0.15) is 0 Å². The van der Waals surface area contributed by atoms with Gasteiger partial charge in [0.1, 0.15) is 0 Å². The first-order chi connectivity index (χ1) is 5.45. The topological polar surface area (TPSA) is 34.0 Å². The Morgan fingerprint density at radius 3 is 2.50 bits per heavy atom. The average Bonchev–Trinajstić information content (AvgIpc) is 1.95. The summed E-state index contributed by atoms with van der Waals surface area (Å²) >= 11 is 0. The van der Waals surface area contributed by atoms with Crippen molar-refractivity contribution in [1.29, 1.82) is 0 Å². The molecule has 0 heterocycles. The molecule has 0 amide bonds. The van der Waals surface area contributed by atoms with Crippen molar-refractivity contribution in [3.05, 3.63) is 25.2 Å². The second-order valence-electron chi connectivity index (χ2n) is 1.70. The van der Waals surface area contributed by atoms with Gasteiger partial charge in [0, 0.05) is 6.20 Å². The summed E-state index contributed by atoms with van der Waals surface area (Å²) in [5.74, 6) is -0.396. The van der Waals surface area contributed by atoms with Crippen LogP contribution in [-0.4, -0.2) is 12.8 Å². The maximum absolute atomic E-state index is 11.5. The van der Waals surface area contributed by atoms with Gasteiger partial charge in [-0.25, -0.2) is 0 Å². The van der Waals surface area contributed by atoms with E-state index in [4.69, 9.17) is 0 Å². The van der Waals surface area contributed by atoms with Gasteiger partial charge in [-0.3, -0.25) is 0 Å². The SMILES string of the molecule is C=CN=NC(=C)OCC(F)(F)F. The molecule has 0 aromatic rings. The molecule has 0 unspecified atom stereocenters. The summed E-state index contributed by atoms with van der Waals surface area (Å²) in [6.45, 7) is 4.81. The molecule has 0 aromatic heterocycles. The molecule has 0 rings (SSSR count). The Hall–Kier alpha value is -1.33. The highest BCUT2D eigenvalue weighted by Gasteiger charge is 2.28. The van der Waals surface area contributed by atoms with Crippen LogP contribution in [0.4, 0.5) is 13.2 Å². The summed E-state index contributed by atoms with van der Waals surface area (Å²) in [4.78, 5) is 0. The van der Waals surface area contributed by atoms with Gasteiger partial charge in [0.15, 0.2) is 6.61 Å². The van der Waals surface area contributed by atoms with Crippen LogP contribution in [-0.2, 0) is 4.74 Å². The first kappa shape index (κ1) is 10.7. The third-order valence-corrected chi connectivity index (χ3v) is 0.653. The largest absolute Gasteiger partial charge is 0.467 e. The number of halogens is 3. The second-order valence-corrected chi connectivity index (χ2v) is 1.70. The van der Waals surface area contributed by atoms with Gasteiger partial charge in [0.05, 0.1) is 0 Å². The van der Waals surface area contributed by atoms with Crippen LogP contribution >= 0.6 is 0 Å². The minimum Gasteiger partial charge on any atom is -0.467 e. The van der Waals surface area contributed by atoms with Gasteiger partial charge in [-0.2, -0.15) is 18.3 Å². The zero-order valence-corrected chi connectivity index (χ0v) is 6.14. The molecule has 0 saturated heterocycles. The van der Waals surface area contributed by atoms with Gasteiger partial charge >= 0.3 is 6.18 Å². The second kappa shape index (κ2) is 4.53. The zero-order chi connectivity index (χ0) is 9.61. The fourth-order valence-corrected chi connectivity index (χ4v) is 0.299. The normalized spacial score (nSPS) is 11.6. The van der Waals surface area contributed by atoms with Crippen LogP contribution in [0, 0.1) is 0 Å². The van der Waals surface area contributed by atoms with Gasteiger partial charge in [-0.15, -0.1) is 5.11 Å². The highest BCUT2D eigenvalue weighted by molar-refractivity contribution is 4.78. The number of hydrogen-bond donors (Lipinski definition) is 0. The molecule has 0 fully saturated rings. The Balaban J connectivity index is 3.72. The van der Waals surface area contributed by atoms with Gasteiger partial charge < -0.3 is 4.74 Å². The lowest BCUT2D eigenvalue weighted by molar-refractivity contribution is -0.165. The molecule has 0 aliphatic heterocycles. The predicted octanol–water partition coefficient (Wildman–Crippen LogP) is 2.63. The lowest BCUT2D eigenvalue weighted by Gasteiger charge is -2.06. The summed E-state index contributed by atoms with van der Waals surface area (Å²) in [7, 11) is 0. The van der Waals surface area contributed by atoms with Crippen molar-refractivity contribution < 1.29 is 17.9 Å². The lowest BCUT2D eigenvalue weighted by Crippen LogP contribution is -2.15. The van der Waals surface area contributed by atoms with Gasteiger partial charge in [0.25, 0.3) is 0 Å². The Morgan fingerprint density at radius 1 is 1.50 bits per heavy atom. The number of nitrogens with zero attached hydrogens (tertiary/aromatic N) is 2. The Kier molecular flexibility index (Phi) is 4.03. The molecule has 0 aliphatic rings. The Bertz CT molecular complexity index is 197. The molecule has 0 spiro atoms. The molecule has 0 radical (unpaired) electrons. The average molecular weight is 180 g/mol. The van der Waals surface area contributed by atoms with Gasteiger partial charge in [-0.1, -0.05) is 6.58 Å². The first-order valence-electron chi connectivity index (χ1n) is 2.86. The molecule has 0 aromatic carbocycles.